The maximum atomic E-state index is 5.94. The third-order valence-corrected chi connectivity index (χ3v) is 6.19. The summed E-state index contributed by atoms with van der Waals surface area (Å²) in [4.78, 5) is 0. The number of hydrogen-bond donors (Lipinski definition) is 0. The Balaban J connectivity index is 1.07. The van der Waals surface area contributed by atoms with Crippen molar-refractivity contribution in [3.8, 4) is 11.5 Å². The molecular weight excluding hydrogens is 472 g/mol. The second-order valence-electron chi connectivity index (χ2n) is 9.09. The minimum Gasteiger partial charge on any atom is -0.489 e. The van der Waals surface area contributed by atoms with Gasteiger partial charge in [0.2, 0.25) is 0 Å². The lowest BCUT2D eigenvalue weighted by Crippen LogP contribution is -2.41. The molecule has 0 aliphatic carbocycles. The Hall–Kier alpha value is -4.58. The van der Waals surface area contributed by atoms with Crippen LogP contribution in [0.1, 0.15) is 22.3 Å². The Labute approximate surface area is 224 Å². The number of hydrazone groups is 2. The molecule has 6 nitrogen and oxygen atoms in total. The van der Waals surface area contributed by atoms with Gasteiger partial charge in [-0.15, -0.1) is 0 Å². The first kappa shape index (κ1) is 25.1. The molecule has 1 fully saturated rings. The first-order valence-corrected chi connectivity index (χ1v) is 12.9. The van der Waals surface area contributed by atoms with Gasteiger partial charge in [-0.25, -0.2) is 0 Å². The maximum absolute atomic E-state index is 5.94. The lowest BCUT2D eigenvalue weighted by atomic mass is 10.2. The molecule has 0 saturated carbocycles. The molecule has 1 aliphatic heterocycles. The molecular formula is C32H32N4O2. The first-order chi connectivity index (χ1) is 18.8. The third-order valence-electron chi connectivity index (χ3n) is 6.19. The monoisotopic (exact) mass is 504 g/mol. The number of piperazine rings is 1. The fourth-order valence-electron chi connectivity index (χ4n) is 4.06. The van der Waals surface area contributed by atoms with Crippen molar-refractivity contribution >= 4 is 12.4 Å². The predicted molar refractivity (Wildman–Crippen MR) is 153 cm³/mol. The van der Waals surface area contributed by atoms with Crippen LogP contribution in [0.2, 0.25) is 0 Å². The van der Waals surface area contributed by atoms with E-state index in [1.165, 1.54) is 0 Å². The lowest BCUT2D eigenvalue weighted by Gasteiger charge is -2.31. The van der Waals surface area contributed by atoms with Crippen LogP contribution in [0.4, 0.5) is 0 Å². The minimum absolute atomic E-state index is 0.551. The normalized spacial score (nSPS) is 13.8. The Morgan fingerprint density at radius 3 is 1.37 bits per heavy atom. The van der Waals surface area contributed by atoms with E-state index in [2.05, 4.69) is 44.5 Å². The summed E-state index contributed by atoms with van der Waals surface area (Å²) in [6.45, 7) is 4.37. The largest absolute Gasteiger partial charge is 0.489 e. The quantitative estimate of drug-likeness (QED) is 0.255. The van der Waals surface area contributed by atoms with E-state index in [-0.39, 0.29) is 0 Å². The molecule has 0 amide bonds. The molecule has 0 radical (unpaired) electrons. The highest BCUT2D eigenvalue weighted by Crippen LogP contribution is 2.16. The van der Waals surface area contributed by atoms with Gasteiger partial charge < -0.3 is 9.47 Å². The summed E-state index contributed by atoms with van der Waals surface area (Å²) in [6.07, 6.45) is 3.80. The molecule has 5 rings (SSSR count). The Morgan fingerprint density at radius 2 is 0.947 bits per heavy atom. The van der Waals surface area contributed by atoms with Crippen LogP contribution in [-0.4, -0.2) is 48.6 Å². The van der Waals surface area contributed by atoms with Gasteiger partial charge in [0.05, 0.1) is 38.6 Å². The number of benzene rings is 4. The number of hydrogen-bond acceptors (Lipinski definition) is 6. The molecule has 0 aromatic heterocycles. The van der Waals surface area contributed by atoms with Crippen molar-refractivity contribution in [2.24, 2.45) is 10.2 Å². The van der Waals surface area contributed by atoms with Crippen molar-refractivity contribution in [1.29, 1.82) is 0 Å². The summed E-state index contributed by atoms with van der Waals surface area (Å²) < 4.78 is 11.9. The van der Waals surface area contributed by atoms with Crippen molar-refractivity contribution in [3.63, 3.8) is 0 Å². The molecule has 38 heavy (non-hydrogen) atoms. The Bertz CT molecular complexity index is 1230. The van der Waals surface area contributed by atoms with Gasteiger partial charge in [-0.1, -0.05) is 84.9 Å². The van der Waals surface area contributed by atoms with E-state index >= 15 is 0 Å². The van der Waals surface area contributed by atoms with Gasteiger partial charge >= 0.3 is 0 Å². The molecule has 0 unspecified atom stereocenters. The van der Waals surface area contributed by atoms with Crippen LogP contribution in [0.3, 0.4) is 0 Å². The standard InChI is InChI=1S/C32H32N4O2/c1-3-9-27(10-4-1)25-37-31-15-7-13-29(21-31)23-33-35-17-19-36(20-18-35)34-24-30-14-8-16-32(22-30)38-26-28-11-5-2-6-12-28/h1-16,21-24H,17-20,25-26H2/b33-23-,34-24-. The van der Waals surface area contributed by atoms with Crippen molar-refractivity contribution in [3.05, 3.63) is 131 Å². The van der Waals surface area contributed by atoms with Gasteiger partial charge in [0.15, 0.2) is 0 Å². The van der Waals surface area contributed by atoms with E-state index in [1.807, 2.05) is 97.4 Å². The van der Waals surface area contributed by atoms with Crippen LogP contribution < -0.4 is 9.47 Å². The van der Waals surface area contributed by atoms with Gasteiger partial charge in [0, 0.05) is 0 Å². The van der Waals surface area contributed by atoms with E-state index < -0.39 is 0 Å². The van der Waals surface area contributed by atoms with Crippen LogP contribution in [-0.2, 0) is 13.2 Å². The number of rotatable bonds is 10. The molecule has 1 heterocycles. The van der Waals surface area contributed by atoms with Crippen LogP contribution in [0.5, 0.6) is 11.5 Å². The van der Waals surface area contributed by atoms with E-state index in [1.54, 1.807) is 0 Å². The van der Waals surface area contributed by atoms with Gasteiger partial charge in [0.1, 0.15) is 24.7 Å². The van der Waals surface area contributed by atoms with Gasteiger partial charge in [-0.3, -0.25) is 10.0 Å². The summed E-state index contributed by atoms with van der Waals surface area (Å²) in [5.74, 6) is 1.68. The Kier molecular flexibility index (Phi) is 8.65. The summed E-state index contributed by atoms with van der Waals surface area (Å²) in [5.41, 5.74) is 4.34. The van der Waals surface area contributed by atoms with E-state index in [0.717, 1.165) is 59.9 Å². The zero-order valence-corrected chi connectivity index (χ0v) is 21.4. The zero-order chi connectivity index (χ0) is 25.8. The summed E-state index contributed by atoms with van der Waals surface area (Å²) >= 11 is 0. The second kappa shape index (κ2) is 13.1. The minimum atomic E-state index is 0.551. The maximum Gasteiger partial charge on any atom is 0.120 e. The highest BCUT2D eigenvalue weighted by molar-refractivity contribution is 5.80. The number of ether oxygens (including phenoxy) is 2. The van der Waals surface area contributed by atoms with Crippen LogP contribution in [0, 0.1) is 0 Å². The molecule has 0 N–H and O–H groups in total. The van der Waals surface area contributed by atoms with Gasteiger partial charge in [-0.2, -0.15) is 10.2 Å². The molecule has 0 spiro atoms. The van der Waals surface area contributed by atoms with E-state index in [9.17, 15) is 0 Å². The SMILES string of the molecule is C(=N/N1CCN(/N=C\c2cccc(OCc3ccccc3)c2)CC1)/c1cccc(OCc2ccccc2)c1. The fraction of sp³-hybridized carbons (Fsp3) is 0.188. The van der Waals surface area contributed by atoms with E-state index in [0.29, 0.717) is 13.2 Å². The molecule has 4 aromatic rings. The summed E-state index contributed by atoms with van der Waals surface area (Å²) in [5, 5.41) is 13.5. The summed E-state index contributed by atoms with van der Waals surface area (Å²) in [6, 6.07) is 36.4. The highest BCUT2D eigenvalue weighted by atomic mass is 16.5. The molecule has 0 atom stereocenters. The zero-order valence-electron chi connectivity index (χ0n) is 21.4. The average molecular weight is 505 g/mol. The number of nitrogens with zero attached hydrogens (tertiary/aromatic N) is 4. The average Bonchev–Trinajstić information content (AvgIpc) is 2.99. The fourth-order valence-corrected chi connectivity index (χ4v) is 4.06. The second-order valence-corrected chi connectivity index (χ2v) is 9.09. The first-order valence-electron chi connectivity index (χ1n) is 12.9. The third kappa shape index (κ3) is 7.71. The van der Waals surface area contributed by atoms with Gasteiger partial charge in [0.25, 0.3) is 0 Å². The Morgan fingerprint density at radius 1 is 0.526 bits per heavy atom. The molecule has 6 heteroatoms. The van der Waals surface area contributed by atoms with Crippen molar-refractivity contribution in [1.82, 2.24) is 10.0 Å². The highest BCUT2D eigenvalue weighted by Gasteiger charge is 2.13. The lowest BCUT2D eigenvalue weighted by molar-refractivity contribution is 0.141. The molecule has 1 saturated heterocycles. The van der Waals surface area contributed by atoms with Crippen LogP contribution >= 0.6 is 0 Å². The molecule has 0 bridgehead atoms. The smallest absolute Gasteiger partial charge is 0.120 e. The van der Waals surface area contributed by atoms with Crippen LogP contribution in [0.25, 0.3) is 0 Å². The van der Waals surface area contributed by atoms with Crippen molar-refractivity contribution in [2.45, 2.75) is 13.2 Å². The van der Waals surface area contributed by atoms with Crippen LogP contribution in [0.15, 0.2) is 119 Å². The van der Waals surface area contributed by atoms with Crippen molar-refractivity contribution in [2.75, 3.05) is 26.2 Å². The predicted octanol–water partition coefficient (Wildman–Crippen LogP) is 5.83. The molecule has 192 valence electrons. The summed E-state index contributed by atoms with van der Waals surface area (Å²) in [7, 11) is 0. The van der Waals surface area contributed by atoms with Crippen molar-refractivity contribution < 1.29 is 9.47 Å². The van der Waals surface area contributed by atoms with Gasteiger partial charge in [-0.05, 0) is 46.5 Å². The molecule has 1 aliphatic rings. The molecule has 4 aromatic carbocycles. The topological polar surface area (TPSA) is 49.7 Å². The van der Waals surface area contributed by atoms with E-state index in [4.69, 9.17) is 9.47 Å².